The summed E-state index contributed by atoms with van der Waals surface area (Å²) in [4.78, 5) is 1.79. The molecule has 0 aliphatic carbocycles. The van der Waals surface area contributed by atoms with Crippen LogP contribution in [0.3, 0.4) is 0 Å². The van der Waals surface area contributed by atoms with E-state index >= 15 is 0 Å². The molecule has 2 nitrogen and oxygen atoms in total. The molecule has 0 atom stereocenters. The van der Waals surface area contributed by atoms with Gasteiger partial charge in [-0.15, -0.1) is 0 Å². The van der Waals surface area contributed by atoms with Crippen molar-refractivity contribution in [3.63, 3.8) is 0 Å². The van der Waals surface area contributed by atoms with E-state index in [1.54, 1.807) is 4.90 Å². The minimum Gasteiger partial charge on any atom is -0.446 e. The number of nitrogens with zero attached hydrogens (tertiary/aromatic N) is 1. The molecule has 0 bridgehead atoms. The Kier molecular flexibility index (Phi) is 4.53. The van der Waals surface area contributed by atoms with Gasteiger partial charge in [-0.3, -0.25) is 0 Å². The van der Waals surface area contributed by atoms with Gasteiger partial charge in [0.05, 0.1) is 11.3 Å². The quantitative estimate of drug-likeness (QED) is 0.668. The van der Waals surface area contributed by atoms with Crippen LogP contribution >= 0.6 is 0 Å². The molecule has 2 aromatic carbocycles. The SMILES string of the molecule is Fc1cc(C(F)(F)F)cc(F)c1Oc1c(F)cccc1N1CCCC1. The fourth-order valence-corrected chi connectivity index (χ4v) is 2.73. The Bertz CT molecular complexity index is 760. The van der Waals surface area contributed by atoms with Crippen molar-refractivity contribution in [1.82, 2.24) is 0 Å². The second kappa shape index (κ2) is 6.50. The fraction of sp³-hybridized carbons (Fsp3) is 0.294. The maximum atomic E-state index is 14.1. The average Bonchev–Trinajstić information content (AvgIpc) is 3.05. The molecule has 0 N–H and O–H groups in total. The van der Waals surface area contributed by atoms with Crippen molar-refractivity contribution < 1.29 is 31.1 Å². The molecule has 0 unspecified atom stereocenters. The van der Waals surface area contributed by atoms with E-state index in [0.29, 0.717) is 18.8 Å². The van der Waals surface area contributed by atoms with Crippen molar-refractivity contribution in [3.05, 3.63) is 53.3 Å². The summed E-state index contributed by atoms with van der Waals surface area (Å²) >= 11 is 0. The van der Waals surface area contributed by atoms with Crippen molar-refractivity contribution in [2.75, 3.05) is 18.0 Å². The summed E-state index contributed by atoms with van der Waals surface area (Å²) in [5.41, 5.74) is -1.18. The van der Waals surface area contributed by atoms with Crippen LogP contribution in [0.15, 0.2) is 30.3 Å². The van der Waals surface area contributed by atoms with Crippen molar-refractivity contribution in [2.24, 2.45) is 0 Å². The Morgan fingerprint density at radius 2 is 1.44 bits per heavy atom. The minimum atomic E-state index is -4.90. The van der Waals surface area contributed by atoms with Gasteiger partial charge >= 0.3 is 6.18 Å². The van der Waals surface area contributed by atoms with Crippen molar-refractivity contribution in [3.8, 4) is 11.5 Å². The largest absolute Gasteiger partial charge is 0.446 e. The van der Waals surface area contributed by atoms with Crippen LogP contribution in [0.2, 0.25) is 0 Å². The molecule has 1 saturated heterocycles. The Hall–Kier alpha value is -2.38. The van der Waals surface area contributed by atoms with Crippen LogP contribution < -0.4 is 9.64 Å². The van der Waals surface area contributed by atoms with Crippen molar-refractivity contribution in [1.29, 1.82) is 0 Å². The molecule has 1 fully saturated rings. The maximum absolute atomic E-state index is 14.1. The second-order valence-electron chi connectivity index (χ2n) is 5.65. The summed E-state index contributed by atoms with van der Waals surface area (Å²) < 4.78 is 84.9. The number of ether oxygens (including phenoxy) is 1. The van der Waals surface area contributed by atoms with Gasteiger partial charge in [0, 0.05) is 13.1 Å². The molecule has 1 aliphatic rings. The lowest BCUT2D eigenvalue weighted by atomic mass is 10.2. The summed E-state index contributed by atoms with van der Waals surface area (Å²) in [7, 11) is 0. The highest BCUT2D eigenvalue weighted by Gasteiger charge is 2.33. The van der Waals surface area contributed by atoms with E-state index in [1.807, 2.05) is 0 Å². The first-order chi connectivity index (χ1) is 11.8. The van der Waals surface area contributed by atoms with Crippen LogP contribution in [-0.2, 0) is 6.18 Å². The van der Waals surface area contributed by atoms with Gasteiger partial charge < -0.3 is 9.64 Å². The van der Waals surface area contributed by atoms with Gasteiger partial charge in [0.2, 0.25) is 0 Å². The Morgan fingerprint density at radius 3 is 2.00 bits per heavy atom. The summed E-state index contributed by atoms with van der Waals surface area (Å²) in [6.45, 7) is 1.25. The van der Waals surface area contributed by atoms with Crippen LogP contribution in [0, 0.1) is 17.5 Å². The van der Waals surface area contributed by atoms with Gasteiger partial charge in [-0.05, 0) is 37.1 Å². The van der Waals surface area contributed by atoms with Crippen LogP contribution in [0.25, 0.3) is 0 Å². The number of alkyl halides is 3. The average molecular weight is 361 g/mol. The van der Waals surface area contributed by atoms with E-state index in [2.05, 4.69) is 0 Å². The lowest BCUT2D eigenvalue weighted by Gasteiger charge is -2.22. The molecule has 0 spiro atoms. The first kappa shape index (κ1) is 17.4. The number of halogens is 6. The predicted octanol–water partition coefficient (Wildman–Crippen LogP) is 5.52. The maximum Gasteiger partial charge on any atom is 0.416 e. The number of hydrogen-bond acceptors (Lipinski definition) is 2. The van der Waals surface area contributed by atoms with Gasteiger partial charge in [0.25, 0.3) is 0 Å². The fourth-order valence-electron chi connectivity index (χ4n) is 2.73. The lowest BCUT2D eigenvalue weighted by molar-refractivity contribution is -0.138. The third-order valence-corrected chi connectivity index (χ3v) is 3.92. The summed E-state index contributed by atoms with van der Waals surface area (Å²) in [6, 6.07) is 4.25. The topological polar surface area (TPSA) is 12.5 Å². The van der Waals surface area contributed by atoms with Gasteiger partial charge in [0.1, 0.15) is 0 Å². The number of benzene rings is 2. The van der Waals surface area contributed by atoms with Crippen LogP contribution in [0.1, 0.15) is 18.4 Å². The zero-order valence-corrected chi connectivity index (χ0v) is 12.8. The molecule has 2 aromatic rings. The molecule has 0 amide bonds. The van der Waals surface area contributed by atoms with Gasteiger partial charge in [-0.25, -0.2) is 13.2 Å². The summed E-state index contributed by atoms with van der Waals surface area (Å²) in [6.07, 6.45) is -3.16. The van der Waals surface area contributed by atoms with Crippen molar-refractivity contribution in [2.45, 2.75) is 19.0 Å². The smallest absolute Gasteiger partial charge is 0.416 e. The standard InChI is InChI=1S/C17H13F6NO/c18-11-4-3-5-14(24-6-1-2-7-24)16(11)25-15-12(19)8-10(9-13(15)20)17(21,22)23/h3-5,8-9H,1-2,6-7H2. The molecule has 0 aromatic heterocycles. The van der Waals surface area contributed by atoms with Gasteiger partial charge in [0.15, 0.2) is 29.0 Å². The first-order valence-corrected chi connectivity index (χ1v) is 7.55. The van der Waals surface area contributed by atoms with Gasteiger partial charge in [-0.1, -0.05) is 6.07 Å². The summed E-state index contributed by atoms with van der Waals surface area (Å²) in [5.74, 6) is -5.45. The number of hydrogen-bond donors (Lipinski definition) is 0. The molecule has 1 heterocycles. The van der Waals surface area contributed by atoms with Crippen LogP contribution in [0.5, 0.6) is 11.5 Å². The van der Waals surface area contributed by atoms with E-state index in [1.165, 1.54) is 12.1 Å². The monoisotopic (exact) mass is 361 g/mol. The van der Waals surface area contributed by atoms with E-state index in [4.69, 9.17) is 4.74 Å². The highest BCUT2D eigenvalue weighted by Crippen LogP contribution is 2.40. The zero-order valence-electron chi connectivity index (χ0n) is 12.8. The predicted molar refractivity (Wildman–Crippen MR) is 79.3 cm³/mol. The molecule has 1 aliphatic heterocycles. The molecule has 8 heteroatoms. The first-order valence-electron chi connectivity index (χ1n) is 7.55. The molecular weight excluding hydrogens is 348 g/mol. The highest BCUT2D eigenvalue weighted by atomic mass is 19.4. The lowest BCUT2D eigenvalue weighted by Crippen LogP contribution is -2.18. The number of anilines is 1. The Labute approximate surface area is 139 Å². The Morgan fingerprint density at radius 1 is 0.840 bits per heavy atom. The van der Waals surface area contributed by atoms with E-state index in [0.717, 1.165) is 18.9 Å². The number of para-hydroxylation sites is 1. The van der Waals surface area contributed by atoms with E-state index in [9.17, 15) is 26.3 Å². The van der Waals surface area contributed by atoms with Gasteiger partial charge in [-0.2, -0.15) is 13.2 Å². The molecule has 0 radical (unpaired) electrons. The van der Waals surface area contributed by atoms with E-state index in [-0.39, 0.29) is 12.1 Å². The molecule has 25 heavy (non-hydrogen) atoms. The van der Waals surface area contributed by atoms with E-state index < -0.39 is 40.7 Å². The summed E-state index contributed by atoms with van der Waals surface area (Å²) in [5, 5.41) is 0. The minimum absolute atomic E-state index is 0.120. The normalized spacial score (nSPS) is 14.9. The van der Waals surface area contributed by atoms with Crippen molar-refractivity contribution >= 4 is 5.69 Å². The molecule has 3 rings (SSSR count). The molecule has 134 valence electrons. The third kappa shape index (κ3) is 3.52. The van der Waals surface area contributed by atoms with Crippen LogP contribution in [0.4, 0.5) is 32.0 Å². The Balaban J connectivity index is 2.01. The molecular formula is C17H13F6NO. The third-order valence-electron chi connectivity index (χ3n) is 3.92. The number of rotatable bonds is 3. The zero-order chi connectivity index (χ0) is 18.2. The highest BCUT2D eigenvalue weighted by molar-refractivity contribution is 5.61. The second-order valence-corrected chi connectivity index (χ2v) is 5.65. The van der Waals surface area contributed by atoms with Crippen LogP contribution in [-0.4, -0.2) is 13.1 Å². The molecule has 0 saturated carbocycles.